The molecule has 1 N–H and O–H groups in total. The van der Waals surface area contributed by atoms with Crippen LogP contribution in [0.1, 0.15) is 40.2 Å². The predicted molar refractivity (Wildman–Crippen MR) is 120 cm³/mol. The van der Waals surface area contributed by atoms with E-state index in [2.05, 4.69) is 48.4 Å². The number of aromatic nitrogens is 3. The van der Waals surface area contributed by atoms with Crippen molar-refractivity contribution in [3.05, 3.63) is 59.7 Å². The minimum Gasteiger partial charge on any atom is -0.323 e. The molecule has 8 heteroatoms. The Labute approximate surface area is 185 Å². The van der Waals surface area contributed by atoms with Gasteiger partial charge in [-0.3, -0.25) is 4.79 Å². The molecule has 2 aromatic carbocycles. The predicted octanol–water partition coefficient (Wildman–Crippen LogP) is 5.66. The summed E-state index contributed by atoms with van der Waals surface area (Å²) in [5, 5.41) is 11.1. The zero-order valence-electron chi connectivity index (χ0n) is 18.2. The molecule has 31 heavy (non-hydrogen) atoms. The molecule has 0 saturated carbocycles. The van der Waals surface area contributed by atoms with Crippen LogP contribution in [0.3, 0.4) is 0 Å². The third kappa shape index (κ3) is 5.31. The molecule has 0 aliphatic carbocycles. The number of benzene rings is 2. The van der Waals surface area contributed by atoms with Crippen molar-refractivity contribution >= 4 is 23.4 Å². The SMILES string of the molecule is CCn1c(SC(C)C(=O)Nc2ccc(F)cc2F)nnc1-c1ccc(C(C)(C)C)cc1. The third-order valence-corrected chi connectivity index (χ3v) is 5.96. The number of anilines is 1. The summed E-state index contributed by atoms with van der Waals surface area (Å²) in [6.45, 7) is 10.8. The fourth-order valence-corrected chi connectivity index (χ4v) is 3.94. The summed E-state index contributed by atoms with van der Waals surface area (Å²) in [5.74, 6) is -1.19. The zero-order valence-corrected chi connectivity index (χ0v) is 19.1. The van der Waals surface area contributed by atoms with Crippen LogP contribution >= 0.6 is 11.8 Å². The summed E-state index contributed by atoms with van der Waals surface area (Å²) in [7, 11) is 0. The van der Waals surface area contributed by atoms with Gasteiger partial charge >= 0.3 is 0 Å². The second kappa shape index (κ2) is 9.18. The van der Waals surface area contributed by atoms with Crippen molar-refractivity contribution in [2.75, 3.05) is 5.32 Å². The average Bonchev–Trinajstić information content (AvgIpc) is 3.11. The number of halogens is 2. The Hall–Kier alpha value is -2.74. The second-order valence-electron chi connectivity index (χ2n) is 8.25. The van der Waals surface area contributed by atoms with E-state index in [9.17, 15) is 13.6 Å². The van der Waals surface area contributed by atoms with Crippen molar-refractivity contribution < 1.29 is 13.6 Å². The van der Waals surface area contributed by atoms with Gasteiger partial charge in [-0.15, -0.1) is 10.2 Å². The van der Waals surface area contributed by atoms with Gasteiger partial charge in [-0.25, -0.2) is 8.78 Å². The number of nitrogens with zero attached hydrogens (tertiary/aromatic N) is 3. The normalized spacial score (nSPS) is 12.6. The Morgan fingerprint density at radius 2 is 1.81 bits per heavy atom. The maximum atomic E-state index is 13.8. The Balaban J connectivity index is 1.76. The van der Waals surface area contributed by atoms with Gasteiger partial charge in [0.2, 0.25) is 5.91 Å². The quantitative estimate of drug-likeness (QED) is 0.499. The number of rotatable bonds is 6. The van der Waals surface area contributed by atoms with Crippen molar-refractivity contribution in [3.8, 4) is 11.4 Å². The van der Waals surface area contributed by atoms with Gasteiger partial charge in [-0.1, -0.05) is 56.8 Å². The molecule has 1 aromatic heterocycles. The lowest BCUT2D eigenvalue weighted by molar-refractivity contribution is -0.115. The van der Waals surface area contributed by atoms with Crippen LogP contribution in [0.5, 0.6) is 0 Å². The highest BCUT2D eigenvalue weighted by Gasteiger charge is 2.22. The molecule has 0 fully saturated rings. The van der Waals surface area contributed by atoms with Gasteiger partial charge in [0.15, 0.2) is 11.0 Å². The standard InChI is InChI=1S/C23H26F2N4OS/c1-6-29-20(15-7-9-16(10-8-15)23(3,4)5)27-28-22(29)31-14(2)21(30)26-19-12-11-17(24)13-18(19)25/h7-14H,6H2,1-5H3,(H,26,30). The molecule has 1 amide bonds. The van der Waals surface area contributed by atoms with E-state index in [4.69, 9.17) is 0 Å². The average molecular weight is 445 g/mol. The third-order valence-electron chi connectivity index (χ3n) is 4.88. The summed E-state index contributed by atoms with van der Waals surface area (Å²) < 4.78 is 28.8. The van der Waals surface area contributed by atoms with Gasteiger partial charge in [0.05, 0.1) is 10.9 Å². The van der Waals surface area contributed by atoms with Gasteiger partial charge in [0.25, 0.3) is 0 Å². The lowest BCUT2D eigenvalue weighted by Crippen LogP contribution is -2.23. The minimum absolute atomic E-state index is 0.0598. The Bertz CT molecular complexity index is 1070. The first-order chi connectivity index (χ1) is 14.6. The molecule has 3 aromatic rings. The van der Waals surface area contributed by atoms with Gasteiger partial charge in [0.1, 0.15) is 11.6 Å². The van der Waals surface area contributed by atoms with E-state index in [-0.39, 0.29) is 11.1 Å². The monoisotopic (exact) mass is 444 g/mol. The van der Waals surface area contributed by atoms with Crippen LogP contribution in [0.2, 0.25) is 0 Å². The number of nitrogens with one attached hydrogen (secondary N) is 1. The van der Waals surface area contributed by atoms with Crippen LogP contribution in [0.15, 0.2) is 47.6 Å². The van der Waals surface area contributed by atoms with E-state index < -0.39 is 22.8 Å². The zero-order chi connectivity index (χ0) is 22.8. The first-order valence-electron chi connectivity index (χ1n) is 10.1. The molecule has 0 spiro atoms. The summed E-state index contributed by atoms with van der Waals surface area (Å²) >= 11 is 1.23. The maximum Gasteiger partial charge on any atom is 0.237 e. The van der Waals surface area contributed by atoms with E-state index in [1.807, 2.05) is 23.6 Å². The first-order valence-corrected chi connectivity index (χ1v) is 10.9. The highest BCUT2D eigenvalue weighted by molar-refractivity contribution is 8.00. The van der Waals surface area contributed by atoms with E-state index in [0.29, 0.717) is 11.7 Å². The highest BCUT2D eigenvalue weighted by atomic mass is 32.2. The van der Waals surface area contributed by atoms with Gasteiger partial charge in [-0.2, -0.15) is 0 Å². The van der Waals surface area contributed by atoms with Crippen LogP contribution < -0.4 is 5.32 Å². The largest absolute Gasteiger partial charge is 0.323 e. The summed E-state index contributed by atoms with van der Waals surface area (Å²) in [6.07, 6.45) is 0. The van der Waals surface area contributed by atoms with Gasteiger partial charge in [0, 0.05) is 18.2 Å². The van der Waals surface area contributed by atoms with Crippen LogP contribution in [0.25, 0.3) is 11.4 Å². The summed E-state index contributed by atoms with van der Waals surface area (Å²) in [4.78, 5) is 12.5. The fourth-order valence-electron chi connectivity index (χ4n) is 3.03. The van der Waals surface area contributed by atoms with E-state index in [1.54, 1.807) is 6.92 Å². The molecule has 1 atom stereocenters. The molecule has 0 radical (unpaired) electrons. The Kier molecular flexibility index (Phi) is 6.79. The topological polar surface area (TPSA) is 59.8 Å². The molecule has 3 rings (SSSR count). The summed E-state index contributed by atoms with van der Waals surface area (Å²) in [5.41, 5.74) is 2.17. The molecule has 164 valence electrons. The van der Waals surface area contributed by atoms with Crippen LogP contribution in [-0.4, -0.2) is 25.9 Å². The maximum absolute atomic E-state index is 13.8. The Morgan fingerprint density at radius 3 is 2.39 bits per heavy atom. The van der Waals surface area contributed by atoms with Crippen molar-refractivity contribution in [1.29, 1.82) is 0 Å². The molecule has 0 bridgehead atoms. The molecule has 0 saturated heterocycles. The number of amides is 1. The van der Waals surface area contributed by atoms with Crippen LogP contribution in [0.4, 0.5) is 14.5 Å². The fraction of sp³-hybridized carbons (Fsp3) is 0.348. The number of carbonyl (C=O) groups is 1. The molecular weight excluding hydrogens is 418 g/mol. The van der Waals surface area contributed by atoms with E-state index >= 15 is 0 Å². The van der Waals surface area contributed by atoms with Crippen LogP contribution in [0, 0.1) is 11.6 Å². The van der Waals surface area contributed by atoms with Crippen molar-refractivity contribution in [1.82, 2.24) is 14.8 Å². The molecular formula is C23H26F2N4OS. The lowest BCUT2D eigenvalue weighted by atomic mass is 9.87. The smallest absolute Gasteiger partial charge is 0.237 e. The van der Waals surface area contributed by atoms with Crippen LogP contribution in [-0.2, 0) is 16.8 Å². The van der Waals surface area contributed by atoms with Gasteiger partial charge < -0.3 is 9.88 Å². The van der Waals surface area contributed by atoms with E-state index in [1.165, 1.54) is 23.4 Å². The first kappa shape index (κ1) is 22.9. The second-order valence-corrected chi connectivity index (χ2v) is 9.56. The lowest BCUT2D eigenvalue weighted by Gasteiger charge is -2.19. The molecule has 1 heterocycles. The molecule has 5 nitrogen and oxygen atoms in total. The van der Waals surface area contributed by atoms with E-state index in [0.717, 1.165) is 23.5 Å². The number of carbonyl (C=O) groups excluding carboxylic acids is 1. The van der Waals surface area contributed by atoms with Gasteiger partial charge in [-0.05, 0) is 37.0 Å². The molecule has 0 aliphatic heterocycles. The number of thioether (sulfide) groups is 1. The minimum atomic E-state index is -0.816. The van der Waals surface area contributed by atoms with Crippen molar-refractivity contribution in [2.45, 2.75) is 57.0 Å². The number of hydrogen-bond donors (Lipinski definition) is 1. The summed E-state index contributed by atoms with van der Waals surface area (Å²) in [6, 6.07) is 11.3. The highest BCUT2D eigenvalue weighted by Crippen LogP contribution is 2.29. The molecule has 1 unspecified atom stereocenters. The Morgan fingerprint density at radius 1 is 1.13 bits per heavy atom. The molecule has 0 aliphatic rings. The van der Waals surface area contributed by atoms with Crippen molar-refractivity contribution in [2.24, 2.45) is 0 Å². The van der Waals surface area contributed by atoms with Crippen molar-refractivity contribution in [3.63, 3.8) is 0 Å². The number of hydrogen-bond acceptors (Lipinski definition) is 4.